The van der Waals surface area contributed by atoms with Crippen LogP contribution >= 0.6 is 0 Å². The Morgan fingerprint density at radius 1 is 0.786 bits per heavy atom. The van der Waals surface area contributed by atoms with E-state index in [0.29, 0.717) is 6.42 Å². The molecule has 153 valence electrons. The van der Waals surface area contributed by atoms with Crippen LogP contribution in [-0.4, -0.2) is 72.4 Å². The summed E-state index contributed by atoms with van der Waals surface area (Å²) in [5, 5.41) is 0. The zero-order valence-electron chi connectivity index (χ0n) is 17.6. The zero-order chi connectivity index (χ0) is 19.3. The minimum Gasteiger partial charge on any atom is -0.541 e. The van der Waals surface area contributed by atoms with Gasteiger partial charge in [0, 0.05) is 119 Å². The van der Waals surface area contributed by atoms with Crippen molar-refractivity contribution in [2.45, 2.75) is 40.0 Å². The molecule has 0 rings (SSSR count). The maximum atomic E-state index is 11.2. The number of carbonyl (C=O) groups excluding carboxylic acids is 6. The van der Waals surface area contributed by atoms with E-state index in [-0.39, 0.29) is 161 Å². The second-order valence-corrected chi connectivity index (χ2v) is 5.29. The van der Waals surface area contributed by atoms with Crippen molar-refractivity contribution in [1.82, 2.24) is 9.80 Å². The molecule has 0 saturated heterocycles. The molecule has 0 aliphatic rings. The van der Waals surface area contributed by atoms with Gasteiger partial charge in [0.2, 0.25) is 5.91 Å². The topological polar surface area (TPSA) is 109 Å². The molecule has 0 saturated carbocycles. The molecule has 11 heteroatoms. The van der Waals surface area contributed by atoms with Gasteiger partial charge in [-0.1, -0.05) is 13.3 Å². The first-order valence-corrected chi connectivity index (χ1v) is 7.38. The first-order chi connectivity index (χ1) is 11.0. The molecule has 8 nitrogen and oxygen atoms in total. The largest absolute Gasteiger partial charge is 0.541 e. The molecular formula is C17H28N2O6Y3-2. The van der Waals surface area contributed by atoms with Crippen LogP contribution in [0.4, 0.5) is 0 Å². The van der Waals surface area contributed by atoms with Crippen molar-refractivity contribution in [3.05, 3.63) is 7.43 Å². The van der Waals surface area contributed by atoms with Crippen LogP contribution in [0.1, 0.15) is 40.0 Å². The van der Waals surface area contributed by atoms with E-state index in [1.807, 2.05) is 0 Å². The van der Waals surface area contributed by atoms with E-state index >= 15 is 0 Å². The maximum absolute atomic E-state index is 11.2. The number of rotatable bonds is 9. The zero-order valence-corrected chi connectivity index (χ0v) is 26.1. The predicted octanol–water partition coefficient (Wildman–Crippen LogP) is 0.379. The molecule has 0 aliphatic heterocycles. The number of Topliss-reactive ketones (excluding diaryl/α,β-unsaturated/α-hetero) is 3. The molecule has 0 aromatic rings. The number of hydrogen-bond acceptors (Lipinski definition) is 6. The van der Waals surface area contributed by atoms with E-state index in [9.17, 15) is 28.8 Å². The van der Waals surface area contributed by atoms with Gasteiger partial charge >= 0.3 is 0 Å². The Hall–Kier alpha value is 0.932. The number of likely N-dealkylation sites (N-methyl/N-ethyl adjacent to an activating group) is 2. The summed E-state index contributed by atoms with van der Waals surface area (Å²) >= 11 is 0. The smallest absolute Gasteiger partial charge is 0.230 e. The van der Waals surface area contributed by atoms with E-state index in [1.54, 1.807) is 6.92 Å². The molecule has 0 heterocycles. The van der Waals surface area contributed by atoms with Crippen LogP contribution in [0, 0.1) is 7.43 Å². The van der Waals surface area contributed by atoms with Crippen molar-refractivity contribution in [3.8, 4) is 0 Å². The third-order valence-corrected chi connectivity index (χ3v) is 2.74. The van der Waals surface area contributed by atoms with Crippen LogP contribution in [-0.2, 0) is 127 Å². The number of ketones is 3. The summed E-state index contributed by atoms with van der Waals surface area (Å²) in [5.41, 5.74) is 0. The van der Waals surface area contributed by atoms with Crippen molar-refractivity contribution in [2.24, 2.45) is 0 Å². The molecular weight excluding hydrogens is 595 g/mol. The molecule has 0 aromatic heterocycles. The molecule has 28 heavy (non-hydrogen) atoms. The third-order valence-electron chi connectivity index (χ3n) is 2.74. The first kappa shape index (κ1) is 42.9. The number of amides is 2. The second kappa shape index (κ2) is 26.0. The SMILES string of the molecule is CC(=O)CN(C)C(=O)C[C-]=O.CCC(=O)CC(=O)N(C)CC(C)=O.[CH3-].[Y].[Y].[Y]. The van der Waals surface area contributed by atoms with E-state index in [4.69, 9.17) is 0 Å². The van der Waals surface area contributed by atoms with Crippen molar-refractivity contribution in [3.63, 3.8) is 0 Å². The van der Waals surface area contributed by atoms with E-state index in [0.717, 1.165) is 0 Å². The Morgan fingerprint density at radius 2 is 1.14 bits per heavy atom. The fourth-order valence-electron chi connectivity index (χ4n) is 1.47. The van der Waals surface area contributed by atoms with Gasteiger partial charge in [0.05, 0.1) is 19.5 Å². The van der Waals surface area contributed by atoms with Crippen LogP contribution in [0.2, 0.25) is 0 Å². The summed E-state index contributed by atoms with van der Waals surface area (Å²) in [4.78, 5) is 66.2. The Balaban J connectivity index is -0.0000000764. The van der Waals surface area contributed by atoms with E-state index in [2.05, 4.69) is 0 Å². The molecule has 0 bridgehead atoms. The Morgan fingerprint density at radius 3 is 1.43 bits per heavy atom. The van der Waals surface area contributed by atoms with Crippen molar-refractivity contribution >= 4 is 35.5 Å². The summed E-state index contributed by atoms with van der Waals surface area (Å²) in [6, 6.07) is 0. The first-order valence-electron chi connectivity index (χ1n) is 7.38. The van der Waals surface area contributed by atoms with Gasteiger partial charge in [0.1, 0.15) is 17.3 Å². The molecule has 2 amide bonds. The van der Waals surface area contributed by atoms with Crippen LogP contribution in [0.3, 0.4) is 0 Å². The summed E-state index contributed by atoms with van der Waals surface area (Å²) < 4.78 is 0. The van der Waals surface area contributed by atoms with Gasteiger partial charge in [-0.3, -0.25) is 30.3 Å². The van der Waals surface area contributed by atoms with E-state index < -0.39 is 0 Å². The maximum Gasteiger partial charge on any atom is 0.230 e. The minimum atomic E-state index is -0.379. The third kappa shape index (κ3) is 26.9. The number of hydrogen-bond donors (Lipinski definition) is 0. The van der Waals surface area contributed by atoms with Gasteiger partial charge < -0.3 is 22.0 Å². The fourth-order valence-corrected chi connectivity index (χ4v) is 1.47. The Kier molecular flexibility index (Phi) is 39.8. The molecule has 0 atom stereocenters. The number of nitrogens with zero attached hydrogens (tertiary/aromatic N) is 2. The van der Waals surface area contributed by atoms with Gasteiger partial charge in [-0.05, 0) is 13.8 Å². The molecule has 0 aromatic carbocycles. The van der Waals surface area contributed by atoms with E-state index in [1.165, 1.54) is 44.0 Å². The molecule has 3 radical (unpaired) electrons. The van der Waals surface area contributed by atoms with Crippen LogP contribution < -0.4 is 0 Å². The fraction of sp³-hybridized carbons (Fsp3) is 0.588. The molecule has 0 aliphatic carbocycles. The molecule has 0 unspecified atom stereocenters. The Bertz CT molecular complexity index is 501. The quantitative estimate of drug-likeness (QED) is 0.272. The summed E-state index contributed by atoms with van der Waals surface area (Å²) in [5.74, 6) is -0.954. The summed E-state index contributed by atoms with van der Waals surface area (Å²) in [6.07, 6.45) is 1.46. The van der Waals surface area contributed by atoms with Gasteiger partial charge in [-0.25, -0.2) is 0 Å². The molecule has 0 spiro atoms. The summed E-state index contributed by atoms with van der Waals surface area (Å²) in [7, 11) is 2.99. The Labute approximate surface area is 243 Å². The molecule has 0 fully saturated rings. The average Bonchev–Trinajstić information content (AvgIpc) is 2.46. The van der Waals surface area contributed by atoms with Crippen molar-refractivity contribution in [1.29, 1.82) is 0 Å². The van der Waals surface area contributed by atoms with Crippen LogP contribution in [0.5, 0.6) is 0 Å². The minimum absolute atomic E-state index is 0. The van der Waals surface area contributed by atoms with Crippen LogP contribution in [0.15, 0.2) is 0 Å². The van der Waals surface area contributed by atoms with Gasteiger partial charge in [-0.2, -0.15) is 0 Å². The molecule has 0 N–H and O–H groups in total. The standard InChI is InChI=1S/C9H15NO3.C7H10NO3.CH3.3Y/c1-4-8(12)5-9(13)10(3)6-7(2)11;1-6(10)5-8(2)7(11)3-4-9;;;;/h4-6H2,1-3H3;3,5H2,1-2H3;1H3;;;/q;2*-1;;;. The van der Waals surface area contributed by atoms with Gasteiger partial charge in [0.25, 0.3) is 0 Å². The summed E-state index contributed by atoms with van der Waals surface area (Å²) in [6.45, 7) is 4.64. The predicted molar refractivity (Wildman–Crippen MR) is 93.3 cm³/mol. The van der Waals surface area contributed by atoms with Crippen molar-refractivity contribution in [2.75, 3.05) is 27.2 Å². The van der Waals surface area contributed by atoms with Crippen LogP contribution in [0.25, 0.3) is 0 Å². The average molecular weight is 623 g/mol. The number of carbonyl (C=O) groups is 5. The van der Waals surface area contributed by atoms with Gasteiger partial charge in [-0.15, -0.1) is 0 Å². The second-order valence-electron chi connectivity index (χ2n) is 5.29. The van der Waals surface area contributed by atoms with Gasteiger partial charge in [0.15, 0.2) is 5.91 Å². The monoisotopic (exact) mass is 623 g/mol. The van der Waals surface area contributed by atoms with Crippen molar-refractivity contribution < 1.29 is 127 Å². The normalized spacial score (nSPS) is 7.89.